The van der Waals surface area contributed by atoms with Crippen molar-refractivity contribution < 1.29 is 14.6 Å². The number of ether oxygens (including phenoxy) is 1. The minimum Gasteiger partial charge on any atom is -0.480 e. The summed E-state index contributed by atoms with van der Waals surface area (Å²) >= 11 is 0. The predicted octanol–water partition coefficient (Wildman–Crippen LogP) is 0.428. The molecular weight excluding hydrogens is 170 g/mol. The van der Waals surface area contributed by atoms with Crippen molar-refractivity contribution in [2.45, 2.75) is 18.9 Å². The summed E-state index contributed by atoms with van der Waals surface area (Å²) < 4.78 is 5.27. The molecule has 1 aliphatic heterocycles. The van der Waals surface area contributed by atoms with Crippen LogP contribution in [0.5, 0.6) is 0 Å². The van der Waals surface area contributed by atoms with Crippen LogP contribution in [0.3, 0.4) is 0 Å². The fourth-order valence-electron chi connectivity index (χ4n) is 1.86. The van der Waals surface area contributed by atoms with Gasteiger partial charge in [0.2, 0.25) is 0 Å². The lowest BCUT2D eigenvalue weighted by atomic mass is 9.93. The van der Waals surface area contributed by atoms with E-state index >= 15 is 0 Å². The first-order valence-electron chi connectivity index (χ1n) is 4.60. The van der Waals surface area contributed by atoms with Gasteiger partial charge < -0.3 is 9.84 Å². The second kappa shape index (κ2) is 4.58. The fraction of sp³-hybridized carbons (Fsp3) is 0.889. The zero-order valence-electron chi connectivity index (χ0n) is 8.19. The molecule has 0 bridgehead atoms. The van der Waals surface area contributed by atoms with Gasteiger partial charge in [-0.05, 0) is 26.9 Å². The predicted molar refractivity (Wildman–Crippen MR) is 48.7 cm³/mol. The maximum absolute atomic E-state index is 10.9. The standard InChI is InChI=1S/C9H17NO3/c1-10(2)8(9(11)12)7-4-3-5-13-6-7/h7-8H,3-6H2,1-2H3,(H,11,12). The Kier molecular flexibility index (Phi) is 3.69. The van der Waals surface area contributed by atoms with E-state index in [2.05, 4.69) is 0 Å². The van der Waals surface area contributed by atoms with Crippen LogP contribution < -0.4 is 0 Å². The SMILES string of the molecule is CN(C)C(C(=O)O)C1CCCOC1. The molecule has 0 radical (unpaired) electrons. The number of carboxylic acid groups (broad SMARTS) is 1. The van der Waals surface area contributed by atoms with Gasteiger partial charge in [-0.15, -0.1) is 0 Å². The van der Waals surface area contributed by atoms with E-state index in [0.29, 0.717) is 6.61 Å². The Morgan fingerprint density at radius 1 is 1.62 bits per heavy atom. The molecule has 1 N–H and O–H groups in total. The first-order chi connectivity index (χ1) is 6.13. The summed E-state index contributed by atoms with van der Waals surface area (Å²) in [5, 5.41) is 9.00. The average molecular weight is 187 g/mol. The van der Waals surface area contributed by atoms with E-state index < -0.39 is 12.0 Å². The molecule has 0 amide bonds. The molecular formula is C9H17NO3. The second-order valence-corrected chi connectivity index (χ2v) is 3.72. The maximum Gasteiger partial charge on any atom is 0.321 e. The van der Waals surface area contributed by atoms with Gasteiger partial charge in [0.15, 0.2) is 0 Å². The number of likely N-dealkylation sites (N-methyl/N-ethyl adjacent to an activating group) is 1. The molecule has 4 heteroatoms. The van der Waals surface area contributed by atoms with E-state index in [4.69, 9.17) is 9.84 Å². The van der Waals surface area contributed by atoms with Gasteiger partial charge in [0.25, 0.3) is 0 Å². The van der Waals surface area contributed by atoms with Gasteiger partial charge in [0, 0.05) is 12.5 Å². The lowest BCUT2D eigenvalue weighted by Gasteiger charge is -2.31. The molecule has 0 aromatic carbocycles. The second-order valence-electron chi connectivity index (χ2n) is 3.72. The van der Waals surface area contributed by atoms with Crippen molar-refractivity contribution in [1.29, 1.82) is 0 Å². The molecule has 0 aliphatic carbocycles. The van der Waals surface area contributed by atoms with Crippen molar-refractivity contribution in [1.82, 2.24) is 4.90 Å². The van der Waals surface area contributed by atoms with Crippen molar-refractivity contribution in [3.05, 3.63) is 0 Å². The number of nitrogens with zero attached hydrogens (tertiary/aromatic N) is 1. The number of hydrogen-bond donors (Lipinski definition) is 1. The molecule has 4 nitrogen and oxygen atoms in total. The van der Waals surface area contributed by atoms with Crippen LogP contribution in [0.1, 0.15) is 12.8 Å². The van der Waals surface area contributed by atoms with Gasteiger partial charge in [-0.3, -0.25) is 9.69 Å². The van der Waals surface area contributed by atoms with Gasteiger partial charge in [-0.25, -0.2) is 0 Å². The lowest BCUT2D eigenvalue weighted by molar-refractivity contribution is -0.146. The monoisotopic (exact) mass is 187 g/mol. The summed E-state index contributed by atoms with van der Waals surface area (Å²) in [5.74, 6) is -0.609. The molecule has 76 valence electrons. The maximum atomic E-state index is 10.9. The molecule has 1 fully saturated rings. The zero-order chi connectivity index (χ0) is 9.84. The van der Waals surface area contributed by atoms with Crippen molar-refractivity contribution in [2.24, 2.45) is 5.92 Å². The van der Waals surface area contributed by atoms with Crippen LogP contribution in [-0.4, -0.2) is 49.3 Å². The highest BCUT2D eigenvalue weighted by atomic mass is 16.5. The van der Waals surface area contributed by atoms with Crippen LogP contribution in [0.2, 0.25) is 0 Å². The Hall–Kier alpha value is -0.610. The Morgan fingerprint density at radius 2 is 2.31 bits per heavy atom. The van der Waals surface area contributed by atoms with Crippen LogP contribution in [0.25, 0.3) is 0 Å². The Balaban J connectivity index is 2.57. The van der Waals surface area contributed by atoms with Gasteiger partial charge >= 0.3 is 5.97 Å². The van der Waals surface area contributed by atoms with E-state index in [-0.39, 0.29) is 5.92 Å². The number of rotatable bonds is 3. The third-order valence-corrected chi connectivity index (χ3v) is 2.45. The first-order valence-corrected chi connectivity index (χ1v) is 4.60. The molecule has 1 saturated heterocycles. The quantitative estimate of drug-likeness (QED) is 0.696. The summed E-state index contributed by atoms with van der Waals surface area (Å²) in [6.45, 7) is 1.35. The molecule has 2 atom stereocenters. The summed E-state index contributed by atoms with van der Waals surface area (Å²) in [5.41, 5.74) is 0. The van der Waals surface area contributed by atoms with Crippen LogP contribution in [0.4, 0.5) is 0 Å². The zero-order valence-corrected chi connectivity index (χ0v) is 8.19. The molecule has 0 spiro atoms. The molecule has 0 aromatic rings. The minimum atomic E-state index is -0.750. The fourth-order valence-corrected chi connectivity index (χ4v) is 1.86. The van der Waals surface area contributed by atoms with E-state index in [1.54, 1.807) is 19.0 Å². The van der Waals surface area contributed by atoms with Crippen LogP contribution in [-0.2, 0) is 9.53 Å². The molecule has 2 unspecified atom stereocenters. The highest BCUT2D eigenvalue weighted by molar-refractivity contribution is 5.73. The Labute approximate surface area is 78.5 Å². The molecule has 0 saturated carbocycles. The Bertz CT molecular complexity index is 176. The van der Waals surface area contributed by atoms with E-state index in [0.717, 1.165) is 19.4 Å². The Morgan fingerprint density at radius 3 is 2.69 bits per heavy atom. The molecule has 0 aromatic heterocycles. The van der Waals surface area contributed by atoms with Crippen LogP contribution in [0.15, 0.2) is 0 Å². The largest absolute Gasteiger partial charge is 0.480 e. The van der Waals surface area contributed by atoms with Crippen molar-refractivity contribution in [2.75, 3.05) is 27.3 Å². The highest BCUT2D eigenvalue weighted by Gasteiger charge is 2.31. The first kappa shape index (κ1) is 10.5. The molecule has 1 heterocycles. The van der Waals surface area contributed by atoms with Gasteiger partial charge in [0.1, 0.15) is 6.04 Å². The van der Waals surface area contributed by atoms with E-state index in [1.807, 2.05) is 0 Å². The number of carboxylic acids is 1. The van der Waals surface area contributed by atoms with Crippen molar-refractivity contribution >= 4 is 5.97 Å². The molecule has 13 heavy (non-hydrogen) atoms. The smallest absolute Gasteiger partial charge is 0.321 e. The van der Waals surface area contributed by atoms with Crippen molar-refractivity contribution in [3.63, 3.8) is 0 Å². The summed E-state index contributed by atoms with van der Waals surface area (Å²) in [6, 6.07) is -0.403. The molecule has 1 rings (SSSR count). The van der Waals surface area contributed by atoms with Gasteiger partial charge in [0.05, 0.1) is 6.61 Å². The summed E-state index contributed by atoms with van der Waals surface area (Å²) in [7, 11) is 3.60. The lowest BCUT2D eigenvalue weighted by Crippen LogP contribution is -2.45. The van der Waals surface area contributed by atoms with Crippen LogP contribution >= 0.6 is 0 Å². The third kappa shape index (κ3) is 2.67. The normalized spacial score (nSPS) is 25.9. The van der Waals surface area contributed by atoms with Gasteiger partial charge in [-0.2, -0.15) is 0 Å². The number of carbonyl (C=O) groups is 1. The average Bonchev–Trinajstić information content (AvgIpc) is 2.04. The van der Waals surface area contributed by atoms with E-state index in [1.165, 1.54) is 0 Å². The van der Waals surface area contributed by atoms with Gasteiger partial charge in [-0.1, -0.05) is 0 Å². The summed E-state index contributed by atoms with van der Waals surface area (Å²) in [4.78, 5) is 12.7. The topological polar surface area (TPSA) is 49.8 Å². The third-order valence-electron chi connectivity index (χ3n) is 2.45. The summed E-state index contributed by atoms with van der Waals surface area (Å²) in [6.07, 6.45) is 1.93. The van der Waals surface area contributed by atoms with E-state index in [9.17, 15) is 4.79 Å². The van der Waals surface area contributed by atoms with Crippen LogP contribution in [0, 0.1) is 5.92 Å². The number of aliphatic carboxylic acids is 1. The molecule has 1 aliphatic rings. The van der Waals surface area contributed by atoms with Crippen molar-refractivity contribution in [3.8, 4) is 0 Å². The number of hydrogen-bond acceptors (Lipinski definition) is 3. The highest BCUT2D eigenvalue weighted by Crippen LogP contribution is 2.20. The minimum absolute atomic E-state index is 0.140.